The number of alkyl carbamates (subject to hydrolysis) is 1. The molecular formula is C44H59N7O6S. The fourth-order valence-electron chi connectivity index (χ4n) is 8.91. The van der Waals surface area contributed by atoms with Crippen LogP contribution in [0.15, 0.2) is 41.7 Å². The van der Waals surface area contributed by atoms with Crippen molar-refractivity contribution < 1.29 is 27.5 Å². The zero-order chi connectivity index (χ0) is 42.0. The molecule has 3 N–H and O–H groups in total. The topological polar surface area (TPSA) is 158 Å². The average molecular weight is 814 g/mol. The van der Waals surface area contributed by atoms with Crippen LogP contribution < -0.4 is 10.0 Å². The predicted octanol–water partition coefficient (Wildman–Crippen LogP) is 7.04. The summed E-state index contributed by atoms with van der Waals surface area (Å²) in [4.78, 5) is 56.3. The predicted molar refractivity (Wildman–Crippen MR) is 228 cm³/mol. The summed E-state index contributed by atoms with van der Waals surface area (Å²) in [6, 6.07) is 7.27. The summed E-state index contributed by atoms with van der Waals surface area (Å²) >= 11 is -1.76. The van der Waals surface area contributed by atoms with Gasteiger partial charge in [0.25, 0.3) is 0 Å². The molecule has 0 spiro atoms. The van der Waals surface area contributed by atoms with Gasteiger partial charge in [-0.15, -0.1) is 0 Å². The molecule has 3 amide bonds. The van der Waals surface area contributed by atoms with Gasteiger partial charge in [-0.3, -0.25) is 18.8 Å². The minimum Gasteiger partial charge on any atom is -0.453 e. The number of aromatic nitrogens is 2. The highest BCUT2D eigenvalue weighted by Crippen LogP contribution is 2.39. The Morgan fingerprint density at radius 3 is 1.90 bits per heavy atom. The van der Waals surface area contributed by atoms with E-state index in [0.29, 0.717) is 19.5 Å². The van der Waals surface area contributed by atoms with E-state index in [1.54, 1.807) is 0 Å². The van der Waals surface area contributed by atoms with Crippen molar-refractivity contribution >= 4 is 40.5 Å². The molecule has 0 bridgehead atoms. The number of carbonyl (C=O) groups excluding carboxylic acids is 3. The van der Waals surface area contributed by atoms with E-state index in [9.17, 15) is 18.6 Å². The molecule has 3 aromatic rings. The fourth-order valence-corrected chi connectivity index (χ4v) is 9.59. The molecule has 14 heteroatoms. The van der Waals surface area contributed by atoms with Crippen molar-refractivity contribution in [3.63, 3.8) is 0 Å². The second-order valence-corrected chi connectivity index (χ2v) is 17.6. The lowest BCUT2D eigenvalue weighted by Gasteiger charge is -2.31. The Labute approximate surface area is 345 Å². The highest BCUT2D eigenvalue weighted by atomic mass is 32.2. The second-order valence-electron chi connectivity index (χ2n) is 16.6. The quantitative estimate of drug-likeness (QED) is 0.167. The Morgan fingerprint density at radius 1 is 0.810 bits per heavy atom. The maximum Gasteiger partial charge on any atom is 0.407 e. The molecule has 2 unspecified atom stereocenters. The third-order valence-corrected chi connectivity index (χ3v) is 12.6. The Balaban J connectivity index is 1.17. The molecule has 312 valence electrons. The first-order valence-corrected chi connectivity index (χ1v) is 21.4. The number of nitrogens with one attached hydrogen (secondary N) is 3. The molecule has 5 atom stereocenters. The van der Waals surface area contributed by atoms with E-state index >= 15 is 0 Å². The fraction of sp³-hybridized carbons (Fsp3) is 0.523. The van der Waals surface area contributed by atoms with Crippen LogP contribution >= 0.6 is 0 Å². The van der Waals surface area contributed by atoms with Gasteiger partial charge in [0.1, 0.15) is 17.9 Å². The molecule has 2 aromatic carbocycles. The summed E-state index contributed by atoms with van der Waals surface area (Å²) in [5.74, 6) is 0.371. The summed E-state index contributed by atoms with van der Waals surface area (Å²) in [5.41, 5.74) is 12.2. The third-order valence-electron chi connectivity index (χ3n) is 11.8. The average Bonchev–Trinajstić information content (AvgIpc) is 4.02. The van der Waals surface area contributed by atoms with Gasteiger partial charge in [-0.1, -0.05) is 39.8 Å². The molecule has 6 rings (SSSR count). The summed E-state index contributed by atoms with van der Waals surface area (Å²) in [6.07, 6.45) is 7.23. The number of rotatable bonds is 13. The zero-order valence-corrected chi connectivity index (χ0v) is 36.3. The minimum atomic E-state index is -1.76. The first-order chi connectivity index (χ1) is 27.6. The lowest BCUT2D eigenvalue weighted by molar-refractivity contribution is -0.135. The van der Waals surface area contributed by atoms with Crippen LogP contribution in [0.3, 0.4) is 0 Å². The van der Waals surface area contributed by atoms with Crippen molar-refractivity contribution in [1.82, 2.24) is 29.8 Å². The molecule has 58 heavy (non-hydrogen) atoms. The van der Waals surface area contributed by atoms with Gasteiger partial charge < -0.3 is 24.8 Å². The molecule has 3 aliphatic rings. The van der Waals surface area contributed by atoms with Crippen molar-refractivity contribution in [3.8, 4) is 22.4 Å². The number of aromatic amines is 1. The van der Waals surface area contributed by atoms with Crippen molar-refractivity contribution in [2.45, 2.75) is 112 Å². The van der Waals surface area contributed by atoms with E-state index in [2.05, 4.69) is 67.0 Å². The van der Waals surface area contributed by atoms with E-state index in [4.69, 9.17) is 18.9 Å². The van der Waals surface area contributed by atoms with Gasteiger partial charge in [0.05, 0.1) is 38.2 Å². The number of nitrogens with zero attached hydrogens (tertiary/aromatic N) is 4. The third kappa shape index (κ3) is 8.84. The molecule has 2 fully saturated rings. The van der Waals surface area contributed by atoms with Crippen LogP contribution in [0.5, 0.6) is 0 Å². The molecule has 0 radical (unpaired) electrons. The van der Waals surface area contributed by atoms with E-state index in [0.717, 1.165) is 70.7 Å². The number of amides is 3. The Morgan fingerprint density at radius 2 is 1.34 bits per heavy atom. The highest BCUT2D eigenvalue weighted by Gasteiger charge is 2.39. The second kappa shape index (κ2) is 18.1. The number of hydrogen-bond acceptors (Lipinski definition) is 8. The minimum absolute atomic E-state index is 0.0795. The van der Waals surface area contributed by atoms with Gasteiger partial charge in [-0.2, -0.15) is 0 Å². The summed E-state index contributed by atoms with van der Waals surface area (Å²) in [7, 11) is 2.65. The Hall–Kier alpha value is -4.66. The van der Waals surface area contributed by atoms with Gasteiger partial charge in [0, 0.05) is 37.0 Å². The van der Waals surface area contributed by atoms with E-state index in [1.165, 1.54) is 36.5 Å². The van der Waals surface area contributed by atoms with Crippen LogP contribution in [-0.2, 0) is 29.8 Å². The van der Waals surface area contributed by atoms with Gasteiger partial charge in [0.2, 0.25) is 23.1 Å². The van der Waals surface area contributed by atoms with Crippen molar-refractivity contribution in [2.75, 3.05) is 27.3 Å². The lowest BCUT2D eigenvalue weighted by Crippen LogP contribution is -2.53. The van der Waals surface area contributed by atoms with Crippen molar-refractivity contribution in [3.05, 3.63) is 70.3 Å². The summed E-state index contributed by atoms with van der Waals surface area (Å²) < 4.78 is 24.6. The number of likely N-dealkylation sites (tertiary alicyclic amines) is 2. The van der Waals surface area contributed by atoms with Crippen molar-refractivity contribution in [1.29, 1.82) is 0 Å². The summed E-state index contributed by atoms with van der Waals surface area (Å²) in [6.45, 7) is 17.6. The number of methoxy groups -OCH3 is 1. The van der Waals surface area contributed by atoms with E-state index in [-0.39, 0.29) is 35.7 Å². The SMILES string of the molecule is COC(=O)N[C@H](C(=O)N1CCC[C@H]1C1=NC=C(c2cc(C)c(-c3c(C)cc(-c4cnc(C5CCCN5C(=O)[C@@H](NS(=O)OC)C(C)C)[nH]4)cc3C)c(C)c2)C1)C(C)C. The van der Waals surface area contributed by atoms with Gasteiger partial charge in [0.15, 0.2) is 0 Å². The molecule has 2 saturated heterocycles. The first-order valence-electron chi connectivity index (χ1n) is 20.3. The number of ether oxygens (including phenoxy) is 1. The van der Waals surface area contributed by atoms with Crippen LogP contribution in [-0.4, -0.2) is 93.0 Å². The van der Waals surface area contributed by atoms with E-state index in [1.807, 2.05) is 49.9 Å². The standard InChI is InChI=1S/C44H59N7O6S/c1-24(2)39(48-44(54)56-9)42(52)50-15-11-13-35(50)33-21-32(22-45-33)30-17-26(5)37(27(6)18-30)38-28(7)19-31(20-29(38)8)34-23-46-41(47-34)36-14-12-16-51(36)43(53)40(25(3)4)49-58(55)57-10/h17-20,22-25,35-36,39-40,49H,11-16,21H2,1-10H3,(H,46,47)(H,48,54)/t35-,36?,39-,40-,58?/m0/s1. The lowest BCUT2D eigenvalue weighted by atomic mass is 9.85. The number of benzene rings is 2. The number of aliphatic imine (C=N–C) groups is 1. The number of H-pyrrole nitrogens is 1. The maximum absolute atomic E-state index is 13.7. The van der Waals surface area contributed by atoms with Crippen LogP contribution in [0.1, 0.15) is 99.5 Å². The molecule has 13 nitrogen and oxygen atoms in total. The number of carbonyl (C=O) groups is 3. The Kier molecular flexibility index (Phi) is 13.4. The van der Waals surface area contributed by atoms with Gasteiger partial charge >= 0.3 is 6.09 Å². The highest BCUT2D eigenvalue weighted by molar-refractivity contribution is 7.78. The van der Waals surface area contributed by atoms with Gasteiger partial charge in [-0.25, -0.2) is 18.7 Å². The number of aryl methyl sites for hydroxylation is 4. The normalized spacial score (nSPS) is 19.7. The zero-order valence-electron chi connectivity index (χ0n) is 35.5. The van der Waals surface area contributed by atoms with Crippen molar-refractivity contribution in [2.24, 2.45) is 16.8 Å². The smallest absolute Gasteiger partial charge is 0.407 e. The largest absolute Gasteiger partial charge is 0.453 e. The number of imidazole rings is 1. The molecule has 4 heterocycles. The van der Waals surface area contributed by atoms with Crippen LogP contribution in [0.25, 0.3) is 28.0 Å². The maximum atomic E-state index is 13.7. The number of hydrogen-bond donors (Lipinski definition) is 3. The van der Waals surface area contributed by atoms with Crippen LogP contribution in [0.4, 0.5) is 4.79 Å². The monoisotopic (exact) mass is 813 g/mol. The Bertz CT molecular complexity index is 2090. The van der Waals surface area contributed by atoms with Crippen LogP contribution in [0, 0.1) is 39.5 Å². The summed E-state index contributed by atoms with van der Waals surface area (Å²) in [5, 5.41) is 2.73. The molecule has 0 aliphatic carbocycles. The molecule has 1 aromatic heterocycles. The first kappa shape index (κ1) is 42.9. The molecular weight excluding hydrogens is 755 g/mol. The number of allylic oxidation sites excluding steroid dienone is 1. The van der Waals surface area contributed by atoms with E-state index < -0.39 is 29.4 Å². The molecule has 0 saturated carbocycles. The van der Waals surface area contributed by atoms with Gasteiger partial charge in [-0.05, 0) is 122 Å². The molecule has 3 aliphatic heterocycles. The van der Waals surface area contributed by atoms with Crippen LogP contribution in [0.2, 0.25) is 0 Å².